The molecule has 3 heterocycles. The van der Waals surface area contributed by atoms with Gasteiger partial charge in [0.1, 0.15) is 23.2 Å². The third kappa shape index (κ3) is 3.40. The molecule has 1 saturated carbocycles. The van der Waals surface area contributed by atoms with Crippen LogP contribution in [-0.4, -0.2) is 36.8 Å². The molecule has 0 aliphatic heterocycles. The predicted molar refractivity (Wildman–Crippen MR) is 118 cm³/mol. The predicted octanol–water partition coefficient (Wildman–Crippen LogP) is 3.18. The second kappa shape index (κ2) is 7.05. The van der Waals surface area contributed by atoms with E-state index in [-0.39, 0.29) is 11.4 Å². The largest absolute Gasteiger partial charge is 0.383 e. The molecule has 1 aliphatic carbocycles. The Kier molecular flexibility index (Phi) is 4.44. The van der Waals surface area contributed by atoms with Crippen LogP contribution in [0.5, 0.6) is 0 Å². The van der Waals surface area contributed by atoms with Crippen LogP contribution in [0.1, 0.15) is 44.1 Å². The minimum atomic E-state index is -0.351. The Balaban J connectivity index is 1.71. The molecule has 9 heteroatoms. The lowest BCUT2D eigenvalue weighted by Gasteiger charge is -2.19. The molecule has 0 spiro atoms. The number of amides is 1. The SMILES string of the molecule is CC(C)(C)n1nc(-n2c(C(=O)NOCC3CC3)cc3ccccc32)c2c(N)ncnc21. The Bertz CT molecular complexity index is 1290. The summed E-state index contributed by atoms with van der Waals surface area (Å²) in [4.78, 5) is 27.1. The summed E-state index contributed by atoms with van der Waals surface area (Å²) in [5.41, 5.74) is 10.4. The van der Waals surface area contributed by atoms with Gasteiger partial charge < -0.3 is 5.73 Å². The fraction of sp³-hybridized carbons (Fsp3) is 0.364. The Morgan fingerprint density at radius 3 is 2.77 bits per heavy atom. The van der Waals surface area contributed by atoms with Gasteiger partial charge >= 0.3 is 0 Å². The molecule has 1 aliphatic rings. The van der Waals surface area contributed by atoms with Gasteiger partial charge in [-0.3, -0.25) is 14.2 Å². The third-order valence-electron chi connectivity index (χ3n) is 5.45. The lowest BCUT2D eigenvalue weighted by molar-refractivity contribution is 0.0265. The van der Waals surface area contributed by atoms with Crippen LogP contribution in [0.15, 0.2) is 36.7 Å². The first-order valence-corrected chi connectivity index (χ1v) is 10.4. The van der Waals surface area contributed by atoms with E-state index in [1.807, 2.05) is 55.8 Å². The normalized spacial score (nSPS) is 14.4. The Labute approximate surface area is 179 Å². The monoisotopic (exact) mass is 419 g/mol. The molecule has 1 amide bonds. The van der Waals surface area contributed by atoms with Gasteiger partial charge in [0.25, 0.3) is 5.91 Å². The molecule has 0 atom stereocenters. The molecule has 5 rings (SSSR count). The summed E-state index contributed by atoms with van der Waals surface area (Å²) >= 11 is 0. The van der Waals surface area contributed by atoms with Gasteiger partial charge in [0.05, 0.1) is 17.7 Å². The van der Waals surface area contributed by atoms with Crippen LogP contribution in [0, 0.1) is 5.92 Å². The van der Waals surface area contributed by atoms with Gasteiger partial charge in [0.15, 0.2) is 11.5 Å². The van der Waals surface area contributed by atoms with Crippen molar-refractivity contribution >= 4 is 33.7 Å². The smallest absolute Gasteiger partial charge is 0.291 e. The van der Waals surface area contributed by atoms with Crippen molar-refractivity contribution in [2.75, 3.05) is 12.3 Å². The molecular weight excluding hydrogens is 394 g/mol. The quantitative estimate of drug-likeness (QED) is 0.481. The molecule has 3 aromatic heterocycles. The molecule has 0 unspecified atom stereocenters. The lowest BCUT2D eigenvalue weighted by Crippen LogP contribution is -2.27. The van der Waals surface area contributed by atoms with Gasteiger partial charge in [-0.1, -0.05) is 18.2 Å². The van der Waals surface area contributed by atoms with Gasteiger partial charge in [-0.15, -0.1) is 0 Å². The number of nitrogens with one attached hydrogen (secondary N) is 1. The molecule has 9 nitrogen and oxygen atoms in total. The number of carbonyl (C=O) groups is 1. The van der Waals surface area contributed by atoms with Crippen LogP contribution in [-0.2, 0) is 10.4 Å². The number of aromatic nitrogens is 5. The number of para-hydroxylation sites is 1. The van der Waals surface area contributed by atoms with Crippen molar-refractivity contribution in [3.8, 4) is 5.82 Å². The van der Waals surface area contributed by atoms with Crippen LogP contribution in [0.25, 0.3) is 27.8 Å². The van der Waals surface area contributed by atoms with E-state index in [9.17, 15) is 4.79 Å². The van der Waals surface area contributed by atoms with Crippen molar-refractivity contribution < 1.29 is 9.63 Å². The summed E-state index contributed by atoms with van der Waals surface area (Å²) < 4.78 is 3.62. The minimum absolute atomic E-state index is 0.310. The maximum Gasteiger partial charge on any atom is 0.291 e. The summed E-state index contributed by atoms with van der Waals surface area (Å²) in [5, 5.41) is 6.36. The number of benzene rings is 1. The number of rotatable bonds is 5. The van der Waals surface area contributed by atoms with Crippen LogP contribution < -0.4 is 11.2 Å². The number of hydroxylamine groups is 1. The maximum absolute atomic E-state index is 13.1. The van der Waals surface area contributed by atoms with E-state index in [0.29, 0.717) is 40.9 Å². The summed E-state index contributed by atoms with van der Waals surface area (Å²) in [6, 6.07) is 9.58. The summed E-state index contributed by atoms with van der Waals surface area (Å²) in [6.45, 7) is 6.63. The first kappa shape index (κ1) is 19.5. The summed E-state index contributed by atoms with van der Waals surface area (Å²) in [7, 11) is 0. The number of nitrogens with zero attached hydrogens (tertiary/aromatic N) is 5. The van der Waals surface area contributed by atoms with Gasteiger partial charge in [0.2, 0.25) is 0 Å². The number of nitrogens with two attached hydrogens (primary N) is 1. The molecular formula is C22H25N7O2. The third-order valence-corrected chi connectivity index (χ3v) is 5.45. The topological polar surface area (TPSA) is 113 Å². The molecule has 31 heavy (non-hydrogen) atoms. The number of fused-ring (bicyclic) bond motifs is 2. The summed E-state index contributed by atoms with van der Waals surface area (Å²) in [6.07, 6.45) is 3.72. The van der Waals surface area contributed by atoms with Crippen molar-refractivity contribution in [3.05, 3.63) is 42.4 Å². The molecule has 1 aromatic carbocycles. The van der Waals surface area contributed by atoms with E-state index in [2.05, 4.69) is 15.4 Å². The first-order valence-electron chi connectivity index (χ1n) is 10.4. The second-order valence-corrected chi connectivity index (χ2v) is 8.97. The fourth-order valence-corrected chi connectivity index (χ4v) is 3.69. The number of anilines is 1. The van der Waals surface area contributed by atoms with E-state index in [1.165, 1.54) is 6.33 Å². The van der Waals surface area contributed by atoms with E-state index >= 15 is 0 Å². The Morgan fingerprint density at radius 1 is 1.26 bits per heavy atom. The standard InChI is InChI=1S/C22H25N7O2/c1-22(2,3)29-19-17(18(23)24-12-25-19)20(26-29)28-15-7-5-4-6-14(15)10-16(28)21(30)27-31-11-13-8-9-13/h4-7,10,12-13H,8-9,11H2,1-3H3,(H,27,30)(H2,23,24,25). The highest BCUT2D eigenvalue weighted by Crippen LogP contribution is 2.33. The molecule has 4 aromatic rings. The van der Waals surface area contributed by atoms with Crippen LogP contribution in [0.2, 0.25) is 0 Å². The Morgan fingerprint density at radius 2 is 2.03 bits per heavy atom. The first-order chi connectivity index (χ1) is 14.8. The maximum atomic E-state index is 13.1. The van der Waals surface area contributed by atoms with Crippen molar-refractivity contribution in [1.29, 1.82) is 0 Å². The van der Waals surface area contributed by atoms with E-state index < -0.39 is 0 Å². The van der Waals surface area contributed by atoms with Gasteiger partial charge in [-0.2, -0.15) is 5.10 Å². The van der Waals surface area contributed by atoms with E-state index in [4.69, 9.17) is 15.7 Å². The average molecular weight is 419 g/mol. The number of nitrogen functional groups attached to an aromatic ring is 1. The number of hydrogen-bond acceptors (Lipinski definition) is 6. The number of hydrogen-bond donors (Lipinski definition) is 2. The zero-order valence-corrected chi connectivity index (χ0v) is 17.8. The highest BCUT2D eigenvalue weighted by atomic mass is 16.7. The van der Waals surface area contributed by atoms with E-state index in [0.717, 1.165) is 23.7 Å². The highest BCUT2D eigenvalue weighted by Gasteiger charge is 2.28. The fourth-order valence-electron chi connectivity index (χ4n) is 3.69. The van der Waals surface area contributed by atoms with Crippen molar-refractivity contribution in [1.82, 2.24) is 29.8 Å². The van der Waals surface area contributed by atoms with Crippen molar-refractivity contribution in [2.24, 2.45) is 5.92 Å². The van der Waals surface area contributed by atoms with Gasteiger partial charge in [-0.05, 0) is 51.7 Å². The van der Waals surface area contributed by atoms with Crippen molar-refractivity contribution in [3.63, 3.8) is 0 Å². The lowest BCUT2D eigenvalue weighted by atomic mass is 10.1. The van der Waals surface area contributed by atoms with Crippen LogP contribution in [0.4, 0.5) is 5.82 Å². The minimum Gasteiger partial charge on any atom is -0.383 e. The molecule has 0 saturated heterocycles. The average Bonchev–Trinajstić information content (AvgIpc) is 3.33. The summed E-state index contributed by atoms with van der Waals surface area (Å²) in [5.74, 6) is 1.02. The van der Waals surface area contributed by atoms with Crippen LogP contribution >= 0.6 is 0 Å². The van der Waals surface area contributed by atoms with Gasteiger partial charge in [0, 0.05) is 5.39 Å². The number of carbonyl (C=O) groups excluding carboxylic acids is 1. The molecule has 160 valence electrons. The zero-order valence-electron chi connectivity index (χ0n) is 17.8. The van der Waals surface area contributed by atoms with Crippen molar-refractivity contribution in [2.45, 2.75) is 39.2 Å². The van der Waals surface area contributed by atoms with E-state index in [1.54, 1.807) is 4.57 Å². The van der Waals surface area contributed by atoms with Gasteiger partial charge in [-0.25, -0.2) is 20.1 Å². The second-order valence-electron chi connectivity index (χ2n) is 8.97. The molecule has 0 radical (unpaired) electrons. The van der Waals surface area contributed by atoms with Crippen LogP contribution in [0.3, 0.4) is 0 Å². The molecule has 0 bridgehead atoms. The molecule has 1 fully saturated rings. The highest BCUT2D eigenvalue weighted by molar-refractivity contribution is 6.02. The molecule has 3 N–H and O–H groups in total. The zero-order chi connectivity index (χ0) is 21.8. The Hall–Kier alpha value is -3.46.